The number of rotatable bonds is 1. The zero-order valence-corrected chi connectivity index (χ0v) is 13.4. The van der Waals surface area contributed by atoms with Crippen LogP contribution in [0.5, 0.6) is 0 Å². The van der Waals surface area contributed by atoms with Gasteiger partial charge in [0.2, 0.25) is 0 Å². The monoisotopic (exact) mass is 270 g/mol. The fourth-order valence-electron chi connectivity index (χ4n) is 2.71. The molecule has 0 saturated heterocycles. The fraction of sp³-hybridized carbons (Fsp3) is 0.412. The molecule has 2 rings (SSSR count). The van der Waals surface area contributed by atoms with E-state index in [1.807, 2.05) is 13.0 Å². The predicted octanol–water partition coefficient (Wildman–Crippen LogP) is 3.46. The number of carbonyl (C=O) groups excluding carboxylic acids is 1. The van der Waals surface area contributed by atoms with E-state index >= 15 is 0 Å². The molecule has 0 atom stereocenters. The van der Waals surface area contributed by atoms with Crippen LogP contribution >= 0.6 is 0 Å². The van der Waals surface area contributed by atoms with Gasteiger partial charge >= 0.3 is 0 Å². The van der Waals surface area contributed by atoms with Crippen molar-refractivity contribution < 1.29 is 4.79 Å². The molecule has 1 aliphatic heterocycles. The predicted molar refractivity (Wildman–Crippen MR) is 84.0 cm³/mol. The minimum absolute atomic E-state index is 0.0304. The molecular weight excluding hydrogens is 248 g/mol. The van der Waals surface area contributed by atoms with E-state index in [1.165, 1.54) is 32.8 Å². The zero-order chi connectivity index (χ0) is 15.2. The first-order valence-electron chi connectivity index (χ1n) is 6.88. The molecule has 0 fully saturated rings. The first-order valence-corrected chi connectivity index (χ1v) is 6.88. The van der Waals surface area contributed by atoms with Crippen LogP contribution < -0.4 is 0 Å². The van der Waals surface area contributed by atoms with Crippen molar-refractivity contribution in [3.05, 3.63) is 39.0 Å². The maximum Gasteiger partial charge on any atom is 0.275 e. The van der Waals surface area contributed by atoms with Crippen LogP contribution in [-0.2, 0) is 4.79 Å². The van der Waals surface area contributed by atoms with Crippen molar-refractivity contribution >= 4 is 17.7 Å². The van der Waals surface area contributed by atoms with Gasteiger partial charge in [-0.3, -0.25) is 4.79 Å². The van der Waals surface area contributed by atoms with E-state index in [-0.39, 0.29) is 5.91 Å². The summed E-state index contributed by atoms with van der Waals surface area (Å²) < 4.78 is 0. The molecule has 0 radical (unpaired) electrons. The van der Waals surface area contributed by atoms with Crippen molar-refractivity contribution in [2.24, 2.45) is 5.10 Å². The van der Waals surface area contributed by atoms with Gasteiger partial charge in [-0.25, -0.2) is 5.01 Å². The molecule has 1 aliphatic rings. The third kappa shape index (κ3) is 2.07. The van der Waals surface area contributed by atoms with Gasteiger partial charge < -0.3 is 0 Å². The number of hydrogen-bond donors (Lipinski definition) is 0. The van der Waals surface area contributed by atoms with Gasteiger partial charge in [-0.1, -0.05) is 0 Å². The molecule has 0 spiro atoms. The molecule has 3 nitrogen and oxygen atoms in total. The minimum Gasteiger partial charge on any atom is -0.267 e. The maximum atomic E-state index is 12.1. The lowest BCUT2D eigenvalue weighted by Crippen LogP contribution is -2.16. The molecule has 3 heteroatoms. The third-order valence-electron chi connectivity index (χ3n) is 4.56. The average molecular weight is 270 g/mol. The lowest BCUT2D eigenvalue weighted by Gasteiger charge is -2.17. The number of nitrogens with zero attached hydrogens (tertiary/aromatic N) is 2. The van der Waals surface area contributed by atoms with Crippen molar-refractivity contribution in [2.45, 2.75) is 41.5 Å². The van der Waals surface area contributed by atoms with Crippen LogP contribution in [0.3, 0.4) is 0 Å². The Morgan fingerprint density at radius 2 is 1.30 bits per heavy atom. The molecule has 20 heavy (non-hydrogen) atoms. The standard InChI is InChI=1S/C17H22N2O/c1-9-10(2)12(4)15(13(5)11(9)3)8-16-14(6)18-19(7)17(16)20/h8H,1-7H3. The Kier molecular flexibility index (Phi) is 3.55. The van der Waals surface area contributed by atoms with Gasteiger partial charge in [0.15, 0.2) is 0 Å². The van der Waals surface area contributed by atoms with Crippen molar-refractivity contribution in [1.29, 1.82) is 0 Å². The molecule has 0 aromatic heterocycles. The quantitative estimate of drug-likeness (QED) is 0.719. The van der Waals surface area contributed by atoms with Gasteiger partial charge in [0, 0.05) is 7.05 Å². The Morgan fingerprint density at radius 1 is 0.850 bits per heavy atom. The third-order valence-corrected chi connectivity index (χ3v) is 4.56. The molecule has 0 saturated carbocycles. The highest BCUT2D eigenvalue weighted by Crippen LogP contribution is 2.29. The Balaban J connectivity index is 2.67. The van der Waals surface area contributed by atoms with Crippen molar-refractivity contribution in [3.8, 4) is 0 Å². The number of benzene rings is 1. The lowest BCUT2D eigenvalue weighted by atomic mass is 9.88. The van der Waals surface area contributed by atoms with Crippen LogP contribution in [0.25, 0.3) is 6.08 Å². The second-order valence-corrected chi connectivity index (χ2v) is 5.61. The summed E-state index contributed by atoms with van der Waals surface area (Å²) in [5.74, 6) is -0.0304. The molecule has 106 valence electrons. The number of carbonyl (C=O) groups is 1. The summed E-state index contributed by atoms with van der Waals surface area (Å²) >= 11 is 0. The van der Waals surface area contributed by atoms with E-state index in [0.717, 1.165) is 11.3 Å². The van der Waals surface area contributed by atoms with E-state index in [2.05, 4.69) is 39.7 Å². The molecule has 1 heterocycles. The average Bonchev–Trinajstić information content (AvgIpc) is 2.65. The highest BCUT2D eigenvalue weighted by atomic mass is 16.2. The summed E-state index contributed by atoms with van der Waals surface area (Å²) in [4.78, 5) is 12.1. The van der Waals surface area contributed by atoms with Gasteiger partial charge in [0.1, 0.15) is 0 Å². The summed E-state index contributed by atoms with van der Waals surface area (Å²) in [7, 11) is 1.69. The van der Waals surface area contributed by atoms with Crippen molar-refractivity contribution in [2.75, 3.05) is 7.05 Å². The number of likely N-dealkylation sites (N-methyl/N-ethyl adjacent to an activating group) is 1. The Labute approximate surface area is 121 Å². The highest BCUT2D eigenvalue weighted by molar-refractivity contribution is 6.26. The van der Waals surface area contributed by atoms with E-state index < -0.39 is 0 Å². The number of hydrogen-bond acceptors (Lipinski definition) is 2. The number of hydrazone groups is 1. The summed E-state index contributed by atoms with van der Waals surface area (Å²) in [5.41, 5.74) is 9.05. The normalized spacial score (nSPS) is 17.1. The molecule has 1 amide bonds. The van der Waals surface area contributed by atoms with Crippen LogP contribution in [0.1, 0.15) is 40.3 Å². The van der Waals surface area contributed by atoms with E-state index in [4.69, 9.17) is 0 Å². The zero-order valence-electron chi connectivity index (χ0n) is 13.4. The maximum absolute atomic E-state index is 12.1. The molecule has 1 aromatic carbocycles. The Morgan fingerprint density at radius 3 is 1.70 bits per heavy atom. The fourth-order valence-corrected chi connectivity index (χ4v) is 2.71. The summed E-state index contributed by atoms with van der Waals surface area (Å²) in [6, 6.07) is 0. The lowest BCUT2D eigenvalue weighted by molar-refractivity contribution is -0.124. The van der Waals surface area contributed by atoms with Gasteiger partial charge in [-0.05, 0) is 81.0 Å². The van der Waals surface area contributed by atoms with Crippen molar-refractivity contribution in [3.63, 3.8) is 0 Å². The second-order valence-electron chi connectivity index (χ2n) is 5.61. The van der Waals surface area contributed by atoms with Crippen molar-refractivity contribution in [1.82, 2.24) is 5.01 Å². The number of amides is 1. The summed E-state index contributed by atoms with van der Waals surface area (Å²) in [5, 5.41) is 5.60. The topological polar surface area (TPSA) is 32.7 Å². The highest BCUT2D eigenvalue weighted by Gasteiger charge is 2.25. The minimum atomic E-state index is -0.0304. The van der Waals surface area contributed by atoms with Crippen LogP contribution in [-0.4, -0.2) is 23.7 Å². The summed E-state index contributed by atoms with van der Waals surface area (Å²) in [6.07, 6.45) is 1.99. The first-order chi connectivity index (χ1) is 9.25. The van der Waals surface area contributed by atoms with Crippen LogP contribution in [0, 0.1) is 34.6 Å². The Hall–Kier alpha value is -1.90. The van der Waals surface area contributed by atoms with E-state index in [1.54, 1.807) is 7.05 Å². The molecule has 1 aromatic rings. The molecular formula is C17H22N2O. The van der Waals surface area contributed by atoms with Gasteiger partial charge in [-0.2, -0.15) is 5.10 Å². The van der Waals surface area contributed by atoms with Gasteiger partial charge in [-0.15, -0.1) is 0 Å². The largest absolute Gasteiger partial charge is 0.275 e. The molecule has 0 aliphatic carbocycles. The molecule has 0 unspecified atom stereocenters. The molecule has 0 bridgehead atoms. The SMILES string of the molecule is CC1=NN(C)C(=O)C1=Cc1c(C)c(C)c(C)c(C)c1C. The Bertz CT molecular complexity index is 637. The molecule has 0 N–H and O–H groups in total. The van der Waals surface area contributed by atoms with E-state index in [0.29, 0.717) is 5.57 Å². The van der Waals surface area contributed by atoms with E-state index in [9.17, 15) is 4.79 Å². The van der Waals surface area contributed by atoms with Gasteiger partial charge in [0.25, 0.3) is 5.91 Å². The van der Waals surface area contributed by atoms with Crippen LogP contribution in [0.2, 0.25) is 0 Å². The van der Waals surface area contributed by atoms with Gasteiger partial charge in [0.05, 0.1) is 11.3 Å². The van der Waals surface area contributed by atoms with Crippen LogP contribution in [0.15, 0.2) is 10.7 Å². The first kappa shape index (κ1) is 14.5. The second kappa shape index (κ2) is 4.89. The smallest absolute Gasteiger partial charge is 0.267 e. The summed E-state index contributed by atoms with van der Waals surface area (Å²) in [6.45, 7) is 12.6. The van der Waals surface area contributed by atoms with Crippen LogP contribution in [0.4, 0.5) is 0 Å².